The summed E-state index contributed by atoms with van der Waals surface area (Å²) in [5.41, 5.74) is 1.67. The fraction of sp³-hybridized carbons (Fsp3) is 0.152. The molecule has 0 bridgehead atoms. The molecule has 4 aromatic carbocycles. The molecular formula is C33H24BrN3O6S2. The number of aromatic nitrogens is 1. The molecule has 1 fully saturated rings. The van der Waals surface area contributed by atoms with Gasteiger partial charge in [0, 0.05) is 26.5 Å². The van der Waals surface area contributed by atoms with Crippen LogP contribution in [-0.4, -0.2) is 41.7 Å². The molecule has 2 unspecified atom stereocenters. The standard InChI is InChI=1S/C33H24BrN3O6S2/c1-42-22-11-9-21(10-12-22)37-31(39)27-26(28-30(36-33(41)45-28)44-29(27)32(37)40)23-15-19(34)7-13-24(23)43-16-25(38)35-20-8-6-17-4-2-3-5-18(17)14-20/h2-15,26-27,29H,16H2,1H3,(H,35,38)(H,36,41)/t26-,27?,29?/m1/s1. The largest absolute Gasteiger partial charge is 0.497 e. The van der Waals surface area contributed by atoms with Crippen LogP contribution in [-0.2, 0) is 14.4 Å². The van der Waals surface area contributed by atoms with E-state index in [1.807, 2.05) is 48.5 Å². The molecule has 2 N–H and O–H groups in total. The number of hydrogen-bond donors (Lipinski definition) is 2. The maximum Gasteiger partial charge on any atom is 0.305 e. The first-order valence-corrected chi connectivity index (χ1v) is 16.4. The van der Waals surface area contributed by atoms with Gasteiger partial charge in [-0.3, -0.25) is 19.2 Å². The summed E-state index contributed by atoms with van der Waals surface area (Å²) in [7, 11) is 1.54. The highest BCUT2D eigenvalue weighted by Crippen LogP contribution is 2.54. The molecule has 45 heavy (non-hydrogen) atoms. The van der Waals surface area contributed by atoms with Crippen molar-refractivity contribution < 1.29 is 23.9 Å². The third-order valence-corrected chi connectivity index (χ3v) is 10.7. The summed E-state index contributed by atoms with van der Waals surface area (Å²) in [5.74, 6) is -1.62. The molecule has 226 valence electrons. The number of anilines is 2. The predicted octanol–water partition coefficient (Wildman–Crippen LogP) is 6.17. The van der Waals surface area contributed by atoms with Crippen LogP contribution in [0.25, 0.3) is 10.8 Å². The molecular weight excluding hydrogens is 678 g/mol. The Kier molecular flexibility index (Phi) is 7.72. The lowest BCUT2D eigenvalue weighted by Crippen LogP contribution is -2.32. The number of hydrogen-bond acceptors (Lipinski definition) is 8. The molecule has 12 heteroatoms. The van der Waals surface area contributed by atoms with E-state index in [9.17, 15) is 19.2 Å². The van der Waals surface area contributed by atoms with E-state index < -0.39 is 17.1 Å². The smallest absolute Gasteiger partial charge is 0.305 e. The summed E-state index contributed by atoms with van der Waals surface area (Å²) in [6.45, 7) is -0.294. The monoisotopic (exact) mass is 701 g/mol. The number of rotatable bonds is 7. The van der Waals surface area contributed by atoms with Crippen LogP contribution in [0.4, 0.5) is 11.4 Å². The molecule has 2 aliphatic heterocycles. The normalized spacial score (nSPS) is 18.9. The zero-order valence-corrected chi connectivity index (χ0v) is 26.8. The second-order valence-corrected chi connectivity index (χ2v) is 13.6. The minimum Gasteiger partial charge on any atom is -0.497 e. The number of imide groups is 1. The molecule has 3 heterocycles. The van der Waals surface area contributed by atoms with Crippen LogP contribution >= 0.6 is 39.0 Å². The highest BCUT2D eigenvalue weighted by molar-refractivity contribution is 9.10. The molecule has 5 aromatic rings. The van der Waals surface area contributed by atoms with E-state index in [4.69, 9.17) is 9.47 Å². The van der Waals surface area contributed by atoms with E-state index in [-0.39, 0.29) is 29.2 Å². The van der Waals surface area contributed by atoms with E-state index >= 15 is 0 Å². The summed E-state index contributed by atoms with van der Waals surface area (Å²) >= 11 is 5.74. The summed E-state index contributed by atoms with van der Waals surface area (Å²) < 4.78 is 12.0. The van der Waals surface area contributed by atoms with Gasteiger partial charge in [0.2, 0.25) is 11.8 Å². The lowest BCUT2D eigenvalue weighted by molar-refractivity contribution is -0.122. The Bertz CT molecular complexity index is 2040. The lowest BCUT2D eigenvalue weighted by Gasteiger charge is -2.31. The van der Waals surface area contributed by atoms with E-state index in [0.29, 0.717) is 42.8 Å². The second kappa shape index (κ2) is 11.8. The average molecular weight is 703 g/mol. The van der Waals surface area contributed by atoms with Crippen LogP contribution in [0.15, 0.2) is 99.2 Å². The Labute approximate surface area is 273 Å². The lowest BCUT2D eigenvalue weighted by atomic mass is 9.82. The maximum atomic E-state index is 14.1. The number of nitrogens with one attached hydrogen (secondary N) is 2. The fourth-order valence-electron chi connectivity index (χ4n) is 5.84. The van der Waals surface area contributed by atoms with Crippen molar-refractivity contribution in [3.05, 3.63) is 110 Å². The minimum atomic E-state index is -0.813. The molecule has 3 atom stereocenters. The third kappa shape index (κ3) is 5.43. The minimum absolute atomic E-state index is 0.281. The van der Waals surface area contributed by atoms with Gasteiger partial charge in [-0.25, -0.2) is 4.90 Å². The summed E-state index contributed by atoms with van der Waals surface area (Å²) in [4.78, 5) is 57.9. The molecule has 2 aliphatic rings. The number of nitrogens with zero attached hydrogens (tertiary/aromatic N) is 1. The van der Waals surface area contributed by atoms with Gasteiger partial charge in [0.1, 0.15) is 16.7 Å². The molecule has 9 nitrogen and oxygen atoms in total. The maximum absolute atomic E-state index is 14.1. The number of amides is 3. The quantitative estimate of drug-likeness (QED) is 0.195. The molecule has 1 saturated heterocycles. The van der Waals surface area contributed by atoms with Gasteiger partial charge in [-0.15, -0.1) is 0 Å². The zero-order chi connectivity index (χ0) is 31.2. The van der Waals surface area contributed by atoms with Crippen molar-refractivity contribution in [2.24, 2.45) is 5.92 Å². The molecule has 0 saturated carbocycles. The summed E-state index contributed by atoms with van der Waals surface area (Å²) in [6, 6.07) is 25.6. The van der Waals surface area contributed by atoms with Gasteiger partial charge in [0.05, 0.1) is 23.7 Å². The number of aromatic amines is 1. The topological polar surface area (TPSA) is 118 Å². The Hall–Kier alpha value is -4.39. The van der Waals surface area contributed by atoms with Gasteiger partial charge in [0.25, 0.3) is 5.91 Å². The number of halogens is 1. The molecule has 3 amide bonds. The van der Waals surface area contributed by atoms with Crippen LogP contribution in [0.3, 0.4) is 0 Å². The van der Waals surface area contributed by atoms with Gasteiger partial charge in [-0.05, 0) is 65.4 Å². The number of thioether (sulfide) groups is 1. The molecule has 0 spiro atoms. The van der Waals surface area contributed by atoms with Crippen LogP contribution in [0.1, 0.15) is 16.4 Å². The molecule has 0 aliphatic carbocycles. The van der Waals surface area contributed by atoms with Gasteiger partial charge in [0.15, 0.2) is 6.61 Å². The predicted molar refractivity (Wildman–Crippen MR) is 178 cm³/mol. The first-order chi connectivity index (χ1) is 21.8. The number of benzene rings is 4. The van der Waals surface area contributed by atoms with E-state index in [1.54, 1.807) is 43.5 Å². The highest BCUT2D eigenvalue weighted by atomic mass is 79.9. The van der Waals surface area contributed by atoms with Crippen LogP contribution in [0, 0.1) is 5.92 Å². The van der Waals surface area contributed by atoms with E-state index in [2.05, 4.69) is 26.2 Å². The summed E-state index contributed by atoms with van der Waals surface area (Å²) in [6.07, 6.45) is 0. The number of ether oxygens (including phenoxy) is 2. The van der Waals surface area contributed by atoms with Gasteiger partial charge in [-0.2, -0.15) is 0 Å². The number of H-pyrrole nitrogens is 1. The zero-order valence-electron chi connectivity index (χ0n) is 23.6. The third-order valence-electron chi connectivity index (χ3n) is 7.85. The van der Waals surface area contributed by atoms with Crippen molar-refractivity contribution in [1.29, 1.82) is 0 Å². The second-order valence-electron chi connectivity index (χ2n) is 10.5. The van der Waals surface area contributed by atoms with E-state index in [1.165, 1.54) is 16.7 Å². The van der Waals surface area contributed by atoms with Crippen molar-refractivity contribution in [3.8, 4) is 11.5 Å². The van der Waals surface area contributed by atoms with Crippen LogP contribution < -0.4 is 24.6 Å². The fourth-order valence-corrected chi connectivity index (χ4v) is 8.72. The average Bonchev–Trinajstić information content (AvgIpc) is 3.54. The van der Waals surface area contributed by atoms with Crippen molar-refractivity contribution >= 4 is 78.9 Å². The molecule has 0 radical (unpaired) electrons. The first-order valence-electron chi connectivity index (χ1n) is 13.9. The van der Waals surface area contributed by atoms with Gasteiger partial charge >= 0.3 is 4.87 Å². The number of fused-ring (bicyclic) bond motifs is 3. The summed E-state index contributed by atoms with van der Waals surface area (Å²) in [5, 5.41) is 4.72. The number of carbonyl (C=O) groups excluding carboxylic acids is 3. The number of carbonyl (C=O) groups is 3. The number of thiazole rings is 1. The Morgan fingerprint density at radius 2 is 1.73 bits per heavy atom. The van der Waals surface area contributed by atoms with Crippen molar-refractivity contribution in [3.63, 3.8) is 0 Å². The van der Waals surface area contributed by atoms with Crippen LogP contribution in [0.5, 0.6) is 11.5 Å². The Balaban J connectivity index is 1.21. The van der Waals surface area contributed by atoms with Crippen LogP contribution in [0.2, 0.25) is 0 Å². The van der Waals surface area contributed by atoms with E-state index in [0.717, 1.165) is 22.1 Å². The Morgan fingerprint density at radius 1 is 0.956 bits per heavy atom. The molecule has 7 rings (SSSR count). The van der Waals surface area contributed by atoms with Gasteiger partial charge < -0.3 is 19.8 Å². The van der Waals surface area contributed by atoms with Crippen molar-refractivity contribution in [2.75, 3.05) is 23.9 Å². The molecule has 1 aromatic heterocycles. The Morgan fingerprint density at radius 3 is 2.51 bits per heavy atom. The first kappa shape index (κ1) is 29.3. The van der Waals surface area contributed by atoms with Gasteiger partial charge in [-0.1, -0.05) is 69.4 Å². The van der Waals surface area contributed by atoms with Crippen molar-refractivity contribution in [2.45, 2.75) is 16.2 Å². The highest BCUT2D eigenvalue weighted by Gasteiger charge is 2.56. The van der Waals surface area contributed by atoms with Crippen molar-refractivity contribution in [1.82, 2.24) is 4.98 Å². The SMILES string of the molecule is COc1ccc(N2C(=O)C3Sc4[nH]c(=O)sc4[C@H](c4cc(Br)ccc4OCC(=O)Nc4ccc5ccccc5c4)C3C2=O)cc1. The number of methoxy groups -OCH3 is 1.